The molecule has 0 aliphatic carbocycles. The van der Waals surface area contributed by atoms with Crippen molar-refractivity contribution >= 4 is 35.5 Å². The van der Waals surface area contributed by atoms with Crippen molar-refractivity contribution in [3.8, 4) is 0 Å². The summed E-state index contributed by atoms with van der Waals surface area (Å²) in [5.74, 6) is -5.31. The Morgan fingerprint density at radius 3 is 2.06 bits per heavy atom. The molecular formula is C20H28N6O7. The highest BCUT2D eigenvalue weighted by Gasteiger charge is 2.26. The highest BCUT2D eigenvalue weighted by molar-refractivity contribution is 5.93. The van der Waals surface area contributed by atoms with E-state index in [1.54, 1.807) is 30.3 Å². The molecular weight excluding hydrogens is 436 g/mol. The van der Waals surface area contributed by atoms with E-state index >= 15 is 0 Å². The third-order valence-electron chi connectivity index (χ3n) is 4.42. The lowest BCUT2D eigenvalue weighted by Gasteiger charge is -2.21. The van der Waals surface area contributed by atoms with Crippen LogP contribution in [0.2, 0.25) is 0 Å². The molecule has 180 valence electrons. The molecule has 1 aromatic carbocycles. The number of carbonyl (C=O) groups is 6. The predicted molar refractivity (Wildman–Crippen MR) is 115 cm³/mol. The van der Waals surface area contributed by atoms with Crippen LogP contribution in [0, 0.1) is 0 Å². The minimum Gasteiger partial charge on any atom is -0.480 e. The summed E-state index contributed by atoms with van der Waals surface area (Å²) < 4.78 is 0. The quantitative estimate of drug-likeness (QED) is 0.148. The summed E-state index contributed by atoms with van der Waals surface area (Å²) >= 11 is 0. The number of benzene rings is 1. The summed E-state index contributed by atoms with van der Waals surface area (Å²) in [5, 5.41) is 15.9. The van der Waals surface area contributed by atoms with Crippen LogP contribution in [0.25, 0.3) is 0 Å². The number of primary amides is 2. The average molecular weight is 464 g/mol. The minimum atomic E-state index is -1.55. The van der Waals surface area contributed by atoms with Crippen LogP contribution in [-0.4, -0.2) is 65.3 Å². The number of amides is 5. The Bertz CT molecular complexity index is 877. The number of hydrogen-bond acceptors (Lipinski definition) is 7. The molecule has 0 aliphatic heterocycles. The van der Waals surface area contributed by atoms with Gasteiger partial charge in [0, 0.05) is 12.8 Å². The molecule has 0 spiro atoms. The van der Waals surface area contributed by atoms with E-state index in [2.05, 4.69) is 16.0 Å². The third-order valence-corrected chi connectivity index (χ3v) is 4.42. The van der Waals surface area contributed by atoms with Crippen LogP contribution >= 0.6 is 0 Å². The molecule has 0 aliphatic rings. The molecule has 0 radical (unpaired) electrons. The average Bonchev–Trinajstić information content (AvgIpc) is 2.75. The molecule has 0 fully saturated rings. The van der Waals surface area contributed by atoms with Crippen molar-refractivity contribution in [1.82, 2.24) is 16.0 Å². The summed E-state index contributed by atoms with van der Waals surface area (Å²) in [6.07, 6.45) is -0.674. The zero-order chi connectivity index (χ0) is 25.0. The van der Waals surface area contributed by atoms with Crippen molar-refractivity contribution in [2.45, 2.75) is 43.8 Å². The Hall–Kier alpha value is -4.00. The number of rotatable bonds is 14. The lowest BCUT2D eigenvalue weighted by Crippen LogP contribution is -2.54. The highest BCUT2D eigenvalue weighted by atomic mass is 16.4. The molecule has 5 amide bonds. The van der Waals surface area contributed by atoms with E-state index in [0.29, 0.717) is 5.56 Å². The summed E-state index contributed by atoms with van der Waals surface area (Å²) in [4.78, 5) is 70.0. The second-order valence-electron chi connectivity index (χ2n) is 7.21. The summed E-state index contributed by atoms with van der Waals surface area (Å²) in [6.45, 7) is -0.615. The van der Waals surface area contributed by atoms with E-state index in [4.69, 9.17) is 22.3 Å². The Morgan fingerprint density at radius 2 is 1.52 bits per heavy atom. The van der Waals surface area contributed by atoms with Gasteiger partial charge in [-0.25, -0.2) is 4.79 Å². The maximum absolute atomic E-state index is 12.7. The molecule has 0 bridgehead atoms. The van der Waals surface area contributed by atoms with Crippen molar-refractivity contribution in [3.63, 3.8) is 0 Å². The van der Waals surface area contributed by atoms with Crippen LogP contribution < -0.4 is 33.2 Å². The van der Waals surface area contributed by atoms with Gasteiger partial charge in [-0.2, -0.15) is 0 Å². The van der Waals surface area contributed by atoms with Gasteiger partial charge in [0.1, 0.15) is 12.1 Å². The van der Waals surface area contributed by atoms with Crippen molar-refractivity contribution in [2.24, 2.45) is 17.2 Å². The number of carboxylic acid groups (broad SMARTS) is 1. The molecule has 1 aromatic rings. The fourth-order valence-electron chi connectivity index (χ4n) is 2.70. The van der Waals surface area contributed by atoms with Crippen LogP contribution in [0.4, 0.5) is 0 Å². The molecule has 0 saturated carbocycles. The second-order valence-corrected chi connectivity index (χ2v) is 7.21. The molecule has 13 heteroatoms. The molecule has 33 heavy (non-hydrogen) atoms. The predicted octanol–water partition coefficient (Wildman–Crippen LogP) is -3.13. The largest absolute Gasteiger partial charge is 0.480 e. The molecule has 0 heterocycles. The van der Waals surface area contributed by atoms with Crippen LogP contribution in [-0.2, 0) is 35.2 Å². The first-order valence-electron chi connectivity index (χ1n) is 9.96. The van der Waals surface area contributed by atoms with Crippen LogP contribution in [0.15, 0.2) is 30.3 Å². The second kappa shape index (κ2) is 13.4. The van der Waals surface area contributed by atoms with Crippen molar-refractivity contribution in [2.75, 3.05) is 6.54 Å². The molecule has 10 N–H and O–H groups in total. The fourth-order valence-corrected chi connectivity index (χ4v) is 2.70. The van der Waals surface area contributed by atoms with Crippen molar-refractivity contribution in [3.05, 3.63) is 35.9 Å². The van der Waals surface area contributed by atoms with Gasteiger partial charge in [0.25, 0.3) is 0 Å². The van der Waals surface area contributed by atoms with E-state index in [1.807, 2.05) is 0 Å². The number of carboxylic acids is 1. The number of nitrogens with one attached hydrogen (secondary N) is 3. The Morgan fingerprint density at radius 1 is 0.879 bits per heavy atom. The van der Waals surface area contributed by atoms with E-state index in [-0.39, 0.29) is 19.3 Å². The fraction of sp³-hybridized carbons (Fsp3) is 0.400. The minimum absolute atomic E-state index is 0.0142. The van der Waals surface area contributed by atoms with Crippen LogP contribution in [0.1, 0.15) is 24.8 Å². The van der Waals surface area contributed by atoms with Gasteiger partial charge in [-0.05, 0) is 12.0 Å². The molecule has 3 unspecified atom stereocenters. The monoisotopic (exact) mass is 464 g/mol. The highest BCUT2D eigenvalue weighted by Crippen LogP contribution is 2.05. The molecule has 1 rings (SSSR count). The van der Waals surface area contributed by atoms with Crippen LogP contribution in [0.5, 0.6) is 0 Å². The zero-order valence-electron chi connectivity index (χ0n) is 17.8. The van der Waals surface area contributed by atoms with Gasteiger partial charge in [0.2, 0.25) is 29.5 Å². The van der Waals surface area contributed by atoms with Gasteiger partial charge in [-0.15, -0.1) is 0 Å². The lowest BCUT2D eigenvalue weighted by molar-refractivity contribution is -0.143. The van der Waals surface area contributed by atoms with E-state index < -0.39 is 66.6 Å². The van der Waals surface area contributed by atoms with Gasteiger partial charge in [0.15, 0.2) is 0 Å². The first kappa shape index (κ1) is 27.0. The van der Waals surface area contributed by atoms with Gasteiger partial charge in [0.05, 0.1) is 19.0 Å². The number of aliphatic carboxylic acids is 1. The molecule has 0 aromatic heterocycles. The summed E-state index contributed by atoms with van der Waals surface area (Å²) in [6, 6.07) is 4.96. The smallest absolute Gasteiger partial charge is 0.326 e. The summed E-state index contributed by atoms with van der Waals surface area (Å²) in [5.41, 5.74) is 16.5. The van der Waals surface area contributed by atoms with Gasteiger partial charge in [-0.3, -0.25) is 24.0 Å². The SMILES string of the molecule is NC(=O)CCC(N)C(=O)NC(Cc1ccccc1)C(=O)NCC(=O)NC(CC(N)=O)C(=O)O. The van der Waals surface area contributed by atoms with E-state index in [1.165, 1.54) is 0 Å². The zero-order valence-corrected chi connectivity index (χ0v) is 17.8. The maximum Gasteiger partial charge on any atom is 0.326 e. The first-order valence-corrected chi connectivity index (χ1v) is 9.96. The Balaban J connectivity index is 2.79. The van der Waals surface area contributed by atoms with Gasteiger partial charge in [-0.1, -0.05) is 30.3 Å². The summed E-state index contributed by atoms with van der Waals surface area (Å²) in [7, 11) is 0. The van der Waals surface area contributed by atoms with Crippen molar-refractivity contribution in [1.29, 1.82) is 0 Å². The Labute approximate surface area is 189 Å². The van der Waals surface area contributed by atoms with E-state index in [0.717, 1.165) is 0 Å². The van der Waals surface area contributed by atoms with Gasteiger partial charge < -0.3 is 38.3 Å². The van der Waals surface area contributed by atoms with Crippen LogP contribution in [0.3, 0.4) is 0 Å². The normalized spacial score (nSPS) is 13.1. The number of carbonyl (C=O) groups excluding carboxylic acids is 5. The molecule has 13 nitrogen and oxygen atoms in total. The Kier molecular flexibility index (Phi) is 11.0. The number of hydrogen-bond donors (Lipinski definition) is 7. The number of nitrogens with two attached hydrogens (primary N) is 3. The molecule has 3 atom stereocenters. The third kappa shape index (κ3) is 10.7. The van der Waals surface area contributed by atoms with E-state index in [9.17, 15) is 28.8 Å². The maximum atomic E-state index is 12.7. The molecule has 0 saturated heterocycles. The first-order chi connectivity index (χ1) is 15.5. The standard InChI is InChI=1S/C20H28N6O7/c21-12(6-7-15(22)27)18(30)26-13(8-11-4-2-1-3-5-11)19(31)24-10-17(29)25-14(20(32)33)9-16(23)28/h1-5,12-14H,6-10,21H2,(H2,22,27)(H2,23,28)(H,24,31)(H,25,29)(H,26,30)(H,32,33). The van der Waals surface area contributed by atoms with Gasteiger partial charge >= 0.3 is 5.97 Å². The van der Waals surface area contributed by atoms with Crippen molar-refractivity contribution < 1.29 is 33.9 Å². The topological polar surface area (TPSA) is 237 Å². The lowest BCUT2D eigenvalue weighted by atomic mass is 10.0.